The number of amides is 1. The molecule has 1 amide bonds. The van der Waals surface area contributed by atoms with Gasteiger partial charge in [0.05, 0.1) is 30.3 Å². The molecule has 5 nitrogen and oxygen atoms in total. The van der Waals surface area contributed by atoms with Crippen LogP contribution in [0.1, 0.15) is 6.92 Å². The highest BCUT2D eigenvalue weighted by molar-refractivity contribution is 6.30. The number of pyridine rings is 1. The maximum absolute atomic E-state index is 11.9. The summed E-state index contributed by atoms with van der Waals surface area (Å²) in [6.45, 7) is 2.76. The number of β-amino-alcohol motifs (C(OH)–C–C–N with tert-alkyl or cyclic N) is 1. The maximum Gasteiger partial charge on any atom is 0.242 e. The fourth-order valence-electron chi connectivity index (χ4n) is 1.93. The summed E-state index contributed by atoms with van der Waals surface area (Å²) < 4.78 is 0. The second-order valence-electron chi connectivity index (χ2n) is 4.94. The number of aliphatic hydroxyl groups is 1. The van der Waals surface area contributed by atoms with Crippen molar-refractivity contribution in [1.82, 2.24) is 9.88 Å². The minimum absolute atomic E-state index is 0.0132. The van der Waals surface area contributed by atoms with Gasteiger partial charge in [-0.3, -0.25) is 4.79 Å². The largest absolute Gasteiger partial charge is 0.386 e. The molecule has 1 aromatic rings. The van der Waals surface area contributed by atoms with E-state index >= 15 is 0 Å². The van der Waals surface area contributed by atoms with Crippen molar-refractivity contribution < 1.29 is 9.90 Å². The highest BCUT2D eigenvalue weighted by atomic mass is 35.5. The number of likely N-dealkylation sites (tertiary alicyclic amines) is 1. The Bertz CT molecular complexity index is 439. The minimum Gasteiger partial charge on any atom is -0.386 e. The molecular weight excluding hydrogens is 254 g/mol. The predicted molar refractivity (Wildman–Crippen MR) is 69.7 cm³/mol. The molecular formula is C12H16ClN3O2. The van der Waals surface area contributed by atoms with E-state index in [4.69, 9.17) is 11.6 Å². The zero-order chi connectivity index (χ0) is 13.3. The van der Waals surface area contributed by atoms with Crippen molar-refractivity contribution in [1.29, 1.82) is 0 Å². The molecule has 2 heterocycles. The van der Waals surface area contributed by atoms with Crippen LogP contribution in [-0.4, -0.2) is 53.2 Å². The van der Waals surface area contributed by atoms with E-state index in [-0.39, 0.29) is 12.5 Å². The van der Waals surface area contributed by atoms with E-state index in [0.717, 1.165) is 0 Å². The summed E-state index contributed by atoms with van der Waals surface area (Å²) in [5, 5.41) is 10.1. The maximum atomic E-state index is 11.9. The summed E-state index contributed by atoms with van der Waals surface area (Å²) in [6, 6.07) is 3.50. The van der Waals surface area contributed by atoms with Crippen molar-refractivity contribution in [2.24, 2.45) is 0 Å². The molecule has 1 N–H and O–H groups in total. The third-order valence-corrected chi connectivity index (χ3v) is 3.11. The van der Waals surface area contributed by atoms with Gasteiger partial charge in [0, 0.05) is 13.2 Å². The Hall–Kier alpha value is -1.33. The van der Waals surface area contributed by atoms with Gasteiger partial charge < -0.3 is 14.9 Å². The summed E-state index contributed by atoms with van der Waals surface area (Å²) in [5.41, 5.74) is -0.729. The standard InChI is InChI=1S/C12H16ClN3O2/c1-12(18)7-16(8-12)11(17)6-15(2)10-4-3-9(13)5-14-10/h3-5,18H,6-8H2,1-2H3. The van der Waals surface area contributed by atoms with Gasteiger partial charge in [0.1, 0.15) is 5.82 Å². The summed E-state index contributed by atoms with van der Waals surface area (Å²) in [6.07, 6.45) is 1.55. The van der Waals surface area contributed by atoms with Gasteiger partial charge in [0.15, 0.2) is 0 Å². The van der Waals surface area contributed by atoms with Crippen LogP contribution in [0.15, 0.2) is 18.3 Å². The Labute approximate surface area is 111 Å². The lowest BCUT2D eigenvalue weighted by molar-refractivity contribution is -0.150. The van der Waals surface area contributed by atoms with E-state index in [9.17, 15) is 9.90 Å². The number of rotatable bonds is 3. The number of nitrogens with zero attached hydrogens (tertiary/aromatic N) is 3. The van der Waals surface area contributed by atoms with Crippen molar-refractivity contribution in [3.63, 3.8) is 0 Å². The van der Waals surface area contributed by atoms with E-state index in [1.54, 1.807) is 42.1 Å². The van der Waals surface area contributed by atoms with Crippen molar-refractivity contribution in [2.45, 2.75) is 12.5 Å². The number of anilines is 1. The number of aromatic nitrogens is 1. The Morgan fingerprint density at radius 2 is 2.28 bits per heavy atom. The second kappa shape index (κ2) is 4.74. The highest BCUT2D eigenvalue weighted by Crippen LogP contribution is 2.20. The number of carbonyl (C=O) groups excluding carboxylic acids is 1. The highest BCUT2D eigenvalue weighted by Gasteiger charge is 2.39. The van der Waals surface area contributed by atoms with Crippen LogP contribution >= 0.6 is 11.6 Å². The Morgan fingerprint density at radius 1 is 1.61 bits per heavy atom. The Morgan fingerprint density at radius 3 is 2.78 bits per heavy atom. The molecule has 6 heteroatoms. The first-order valence-corrected chi connectivity index (χ1v) is 6.08. The molecule has 2 rings (SSSR count). The van der Waals surface area contributed by atoms with Gasteiger partial charge in [-0.25, -0.2) is 4.98 Å². The SMILES string of the molecule is CN(CC(=O)N1CC(C)(O)C1)c1ccc(Cl)cn1. The van der Waals surface area contributed by atoms with Crippen molar-refractivity contribution >= 4 is 23.3 Å². The van der Waals surface area contributed by atoms with Crippen LogP contribution in [0.5, 0.6) is 0 Å². The number of likely N-dealkylation sites (N-methyl/N-ethyl adjacent to an activating group) is 1. The number of hydrogen-bond donors (Lipinski definition) is 1. The van der Waals surface area contributed by atoms with E-state index < -0.39 is 5.60 Å². The average molecular weight is 270 g/mol. The molecule has 0 aromatic carbocycles. The molecule has 0 radical (unpaired) electrons. The zero-order valence-electron chi connectivity index (χ0n) is 10.4. The Balaban J connectivity index is 1.90. The third kappa shape index (κ3) is 2.91. The first kappa shape index (κ1) is 13.1. The van der Waals surface area contributed by atoms with Crippen LogP contribution in [0.2, 0.25) is 5.02 Å². The van der Waals surface area contributed by atoms with Crippen LogP contribution < -0.4 is 4.90 Å². The molecule has 1 aromatic heterocycles. The molecule has 1 fully saturated rings. The van der Waals surface area contributed by atoms with Gasteiger partial charge in [-0.2, -0.15) is 0 Å². The second-order valence-corrected chi connectivity index (χ2v) is 5.37. The van der Waals surface area contributed by atoms with Crippen molar-refractivity contribution in [3.8, 4) is 0 Å². The molecule has 1 saturated heterocycles. The lowest BCUT2D eigenvalue weighted by atomic mass is 9.97. The molecule has 0 bridgehead atoms. The van der Waals surface area contributed by atoms with Crippen LogP contribution in [-0.2, 0) is 4.79 Å². The molecule has 98 valence electrons. The smallest absolute Gasteiger partial charge is 0.242 e. The minimum atomic E-state index is -0.729. The molecule has 0 atom stereocenters. The molecule has 0 spiro atoms. The fraction of sp³-hybridized carbons (Fsp3) is 0.500. The van der Waals surface area contributed by atoms with E-state index in [0.29, 0.717) is 23.9 Å². The fourth-order valence-corrected chi connectivity index (χ4v) is 2.04. The number of carbonyl (C=O) groups is 1. The average Bonchev–Trinajstić information content (AvgIpc) is 2.26. The van der Waals surface area contributed by atoms with Crippen LogP contribution in [0, 0.1) is 0 Å². The molecule has 0 saturated carbocycles. The van der Waals surface area contributed by atoms with E-state index in [1.165, 1.54) is 0 Å². The lowest BCUT2D eigenvalue weighted by Crippen LogP contribution is -2.63. The number of hydrogen-bond acceptors (Lipinski definition) is 4. The van der Waals surface area contributed by atoms with Gasteiger partial charge >= 0.3 is 0 Å². The van der Waals surface area contributed by atoms with Gasteiger partial charge in [-0.05, 0) is 19.1 Å². The van der Waals surface area contributed by atoms with Gasteiger partial charge in [0.2, 0.25) is 5.91 Å². The summed E-state index contributed by atoms with van der Waals surface area (Å²) >= 11 is 5.75. The molecule has 1 aliphatic heterocycles. The van der Waals surface area contributed by atoms with Gasteiger partial charge in [-0.1, -0.05) is 11.6 Å². The zero-order valence-corrected chi connectivity index (χ0v) is 11.2. The monoisotopic (exact) mass is 269 g/mol. The van der Waals surface area contributed by atoms with Crippen molar-refractivity contribution in [3.05, 3.63) is 23.4 Å². The normalized spacial score (nSPS) is 17.2. The predicted octanol–water partition coefficient (Wildman–Crippen LogP) is 0.764. The van der Waals surface area contributed by atoms with Crippen LogP contribution in [0.3, 0.4) is 0 Å². The molecule has 1 aliphatic rings. The molecule has 0 unspecified atom stereocenters. The van der Waals surface area contributed by atoms with Gasteiger partial charge in [-0.15, -0.1) is 0 Å². The van der Waals surface area contributed by atoms with E-state index in [1.807, 2.05) is 0 Å². The quantitative estimate of drug-likeness (QED) is 0.880. The van der Waals surface area contributed by atoms with Crippen molar-refractivity contribution in [2.75, 3.05) is 31.6 Å². The van der Waals surface area contributed by atoms with E-state index in [2.05, 4.69) is 4.98 Å². The van der Waals surface area contributed by atoms with Crippen LogP contribution in [0.4, 0.5) is 5.82 Å². The number of halogens is 1. The first-order valence-electron chi connectivity index (χ1n) is 5.70. The third-order valence-electron chi connectivity index (χ3n) is 2.89. The summed E-state index contributed by atoms with van der Waals surface area (Å²) in [5.74, 6) is 0.681. The first-order chi connectivity index (χ1) is 8.37. The summed E-state index contributed by atoms with van der Waals surface area (Å²) in [7, 11) is 1.80. The topological polar surface area (TPSA) is 56.7 Å². The van der Waals surface area contributed by atoms with Crippen LogP contribution in [0.25, 0.3) is 0 Å². The molecule has 18 heavy (non-hydrogen) atoms. The lowest BCUT2D eigenvalue weighted by Gasteiger charge is -2.44. The molecule has 0 aliphatic carbocycles. The van der Waals surface area contributed by atoms with Gasteiger partial charge in [0.25, 0.3) is 0 Å². The summed E-state index contributed by atoms with van der Waals surface area (Å²) in [4.78, 5) is 19.4. The Kier molecular flexibility index (Phi) is 3.45.